The molecule has 0 unspecified atom stereocenters. The van der Waals surface area contributed by atoms with Crippen molar-refractivity contribution >= 4 is 11.8 Å². The van der Waals surface area contributed by atoms with E-state index in [1.165, 1.54) is 36.4 Å². The zero-order valence-electron chi connectivity index (χ0n) is 12.5. The van der Waals surface area contributed by atoms with Gasteiger partial charge >= 0.3 is 0 Å². The molecule has 1 aromatic carbocycles. The summed E-state index contributed by atoms with van der Waals surface area (Å²) in [5.41, 5.74) is 1.55. The molecule has 0 saturated heterocycles. The van der Waals surface area contributed by atoms with E-state index in [2.05, 4.69) is 63.1 Å². The highest BCUT2D eigenvalue weighted by molar-refractivity contribution is 7.98. The van der Waals surface area contributed by atoms with Gasteiger partial charge < -0.3 is 0 Å². The third kappa shape index (κ3) is 3.76. The van der Waals surface area contributed by atoms with Crippen LogP contribution in [0.15, 0.2) is 29.2 Å². The fourth-order valence-corrected chi connectivity index (χ4v) is 2.80. The van der Waals surface area contributed by atoms with Gasteiger partial charge in [-0.25, -0.2) is 0 Å². The van der Waals surface area contributed by atoms with Crippen LogP contribution < -0.4 is 0 Å². The number of thioether (sulfide) groups is 1. The molecule has 0 saturated carbocycles. The van der Waals surface area contributed by atoms with Gasteiger partial charge in [0.2, 0.25) is 0 Å². The molecule has 0 aromatic heterocycles. The molecule has 1 aromatic rings. The molecule has 18 heavy (non-hydrogen) atoms. The van der Waals surface area contributed by atoms with Crippen LogP contribution >= 0.6 is 11.8 Å². The Labute approximate surface area is 117 Å². The average Bonchev–Trinajstić information content (AvgIpc) is 2.38. The second-order valence-electron chi connectivity index (χ2n) is 5.27. The Morgan fingerprint density at radius 1 is 1.00 bits per heavy atom. The van der Waals surface area contributed by atoms with Gasteiger partial charge in [0.25, 0.3) is 0 Å². The lowest BCUT2D eigenvalue weighted by atomic mass is 9.91. The number of hydrogen-bond donors (Lipinski definition) is 0. The topological polar surface area (TPSA) is 3.24 Å². The van der Waals surface area contributed by atoms with Crippen molar-refractivity contribution < 1.29 is 0 Å². The fourth-order valence-electron chi connectivity index (χ4n) is 2.39. The van der Waals surface area contributed by atoms with Gasteiger partial charge in [-0.3, -0.25) is 4.90 Å². The molecule has 0 aliphatic heterocycles. The van der Waals surface area contributed by atoms with E-state index >= 15 is 0 Å². The van der Waals surface area contributed by atoms with Gasteiger partial charge in [-0.05, 0) is 63.7 Å². The smallest absolute Gasteiger partial charge is 0.0404 e. The first kappa shape index (κ1) is 15.6. The van der Waals surface area contributed by atoms with Crippen molar-refractivity contribution in [2.24, 2.45) is 0 Å². The normalized spacial score (nSPS) is 12.1. The van der Waals surface area contributed by atoms with Crippen LogP contribution in [-0.2, 0) is 5.54 Å². The van der Waals surface area contributed by atoms with Crippen LogP contribution in [0.5, 0.6) is 0 Å². The van der Waals surface area contributed by atoms with E-state index in [1.807, 2.05) is 0 Å². The van der Waals surface area contributed by atoms with Gasteiger partial charge in [-0.1, -0.05) is 26.0 Å². The van der Waals surface area contributed by atoms with Crippen LogP contribution in [0.1, 0.15) is 46.1 Å². The van der Waals surface area contributed by atoms with Crippen LogP contribution in [0.2, 0.25) is 0 Å². The molecule has 0 N–H and O–H groups in total. The minimum atomic E-state index is 0.128. The van der Waals surface area contributed by atoms with Gasteiger partial charge in [-0.15, -0.1) is 11.8 Å². The van der Waals surface area contributed by atoms with E-state index in [0.717, 1.165) is 0 Å². The van der Waals surface area contributed by atoms with Gasteiger partial charge in [0.15, 0.2) is 0 Å². The Balaban J connectivity index is 2.92. The second kappa shape index (κ2) is 7.20. The largest absolute Gasteiger partial charge is 0.294 e. The van der Waals surface area contributed by atoms with E-state index < -0.39 is 0 Å². The first-order valence-corrected chi connectivity index (χ1v) is 8.18. The molecule has 0 aliphatic carbocycles. The molecule has 0 spiro atoms. The first-order valence-electron chi connectivity index (χ1n) is 6.95. The van der Waals surface area contributed by atoms with E-state index in [1.54, 1.807) is 11.8 Å². The maximum absolute atomic E-state index is 2.60. The molecule has 0 fully saturated rings. The Hall–Kier alpha value is -0.470. The van der Waals surface area contributed by atoms with E-state index in [0.29, 0.717) is 0 Å². The summed E-state index contributed by atoms with van der Waals surface area (Å²) in [6.07, 6.45) is 4.55. The van der Waals surface area contributed by atoms with Crippen molar-refractivity contribution in [3.05, 3.63) is 29.8 Å². The summed E-state index contributed by atoms with van der Waals surface area (Å²) in [5.74, 6) is 0. The maximum Gasteiger partial charge on any atom is 0.0404 e. The number of hydrogen-bond acceptors (Lipinski definition) is 2. The van der Waals surface area contributed by atoms with E-state index in [9.17, 15) is 0 Å². The zero-order chi connectivity index (χ0) is 13.6. The van der Waals surface area contributed by atoms with Crippen molar-refractivity contribution in [3.63, 3.8) is 0 Å². The highest BCUT2D eigenvalue weighted by Gasteiger charge is 2.27. The average molecular weight is 265 g/mol. The van der Waals surface area contributed by atoms with Crippen LogP contribution in [0, 0.1) is 0 Å². The second-order valence-corrected chi connectivity index (χ2v) is 6.15. The molecule has 0 atom stereocenters. The summed E-state index contributed by atoms with van der Waals surface area (Å²) >= 11 is 1.80. The van der Waals surface area contributed by atoms with Crippen molar-refractivity contribution in [3.8, 4) is 0 Å². The molecular formula is C16H27NS. The molecule has 0 radical (unpaired) electrons. The quantitative estimate of drug-likeness (QED) is 0.654. The lowest BCUT2D eigenvalue weighted by molar-refractivity contribution is 0.119. The molecule has 2 heteroatoms. The molecule has 1 rings (SSSR count). The predicted molar refractivity (Wildman–Crippen MR) is 83.4 cm³/mol. The molecule has 0 heterocycles. The van der Waals surface area contributed by atoms with Gasteiger partial charge in [0.1, 0.15) is 0 Å². The van der Waals surface area contributed by atoms with E-state index in [4.69, 9.17) is 0 Å². The number of nitrogens with zero attached hydrogens (tertiary/aromatic N) is 1. The predicted octanol–water partition coefficient (Wildman–Crippen LogP) is 4.77. The Kier molecular flexibility index (Phi) is 6.24. The summed E-state index contributed by atoms with van der Waals surface area (Å²) in [5, 5.41) is 0. The van der Waals surface area contributed by atoms with Crippen LogP contribution in [0.4, 0.5) is 0 Å². The highest BCUT2D eigenvalue weighted by Crippen LogP contribution is 2.29. The Morgan fingerprint density at radius 3 is 1.89 bits per heavy atom. The molecule has 1 nitrogen and oxygen atoms in total. The lowest BCUT2D eigenvalue weighted by Gasteiger charge is -2.39. The minimum Gasteiger partial charge on any atom is -0.294 e. The summed E-state index contributed by atoms with van der Waals surface area (Å²) in [4.78, 5) is 3.94. The third-order valence-electron chi connectivity index (χ3n) is 3.57. The summed E-state index contributed by atoms with van der Waals surface area (Å²) in [6, 6.07) is 9.03. The van der Waals surface area contributed by atoms with Crippen LogP contribution in [0.25, 0.3) is 0 Å². The molecular weight excluding hydrogens is 238 g/mol. The van der Waals surface area contributed by atoms with Gasteiger partial charge in [-0.2, -0.15) is 0 Å². The highest BCUT2D eigenvalue weighted by atomic mass is 32.2. The van der Waals surface area contributed by atoms with Crippen molar-refractivity contribution in [1.82, 2.24) is 4.90 Å². The number of rotatable bonds is 7. The number of benzene rings is 1. The standard InChI is InChI=1S/C16H27NS/c1-6-12-17(13-7-2)16(3,4)14-8-10-15(18-5)11-9-14/h8-11H,6-7,12-13H2,1-5H3. The molecule has 0 amide bonds. The van der Waals surface area contributed by atoms with Gasteiger partial charge in [0, 0.05) is 10.4 Å². The van der Waals surface area contributed by atoms with Crippen molar-refractivity contribution in [2.45, 2.75) is 51.0 Å². The Bertz CT molecular complexity index is 337. The summed E-state index contributed by atoms with van der Waals surface area (Å²) in [6.45, 7) is 11.5. The van der Waals surface area contributed by atoms with Crippen molar-refractivity contribution in [1.29, 1.82) is 0 Å². The van der Waals surface area contributed by atoms with E-state index in [-0.39, 0.29) is 5.54 Å². The Morgan fingerprint density at radius 2 is 1.50 bits per heavy atom. The third-order valence-corrected chi connectivity index (χ3v) is 4.32. The zero-order valence-corrected chi connectivity index (χ0v) is 13.3. The van der Waals surface area contributed by atoms with Crippen LogP contribution in [0.3, 0.4) is 0 Å². The van der Waals surface area contributed by atoms with Crippen LogP contribution in [-0.4, -0.2) is 24.2 Å². The molecule has 102 valence electrons. The molecule has 0 bridgehead atoms. The maximum atomic E-state index is 2.60. The monoisotopic (exact) mass is 265 g/mol. The first-order chi connectivity index (χ1) is 8.56. The summed E-state index contributed by atoms with van der Waals surface area (Å²) in [7, 11) is 0. The minimum absolute atomic E-state index is 0.128. The summed E-state index contributed by atoms with van der Waals surface area (Å²) < 4.78 is 0. The lowest BCUT2D eigenvalue weighted by Crippen LogP contribution is -2.42. The molecule has 0 aliphatic rings. The SMILES string of the molecule is CCCN(CCC)C(C)(C)c1ccc(SC)cc1. The fraction of sp³-hybridized carbons (Fsp3) is 0.625. The van der Waals surface area contributed by atoms with Gasteiger partial charge in [0.05, 0.1) is 0 Å². The van der Waals surface area contributed by atoms with Crippen molar-refractivity contribution in [2.75, 3.05) is 19.3 Å².